The molecule has 13 rings (SSSR count). The van der Waals surface area contributed by atoms with Gasteiger partial charge in [0.15, 0.2) is 34.9 Å². The maximum absolute atomic E-state index is 5.05. The summed E-state index contributed by atoms with van der Waals surface area (Å²) in [7, 11) is 0. The van der Waals surface area contributed by atoms with Gasteiger partial charge in [-0.25, -0.2) is 29.9 Å². The average molecular weight is 934 g/mol. The van der Waals surface area contributed by atoms with Gasteiger partial charge < -0.3 is 4.57 Å². The number of hydrogen-bond donors (Lipinski definition) is 0. The van der Waals surface area contributed by atoms with Crippen LogP contribution in [0.25, 0.3) is 129 Å². The molecule has 0 aliphatic heterocycles. The van der Waals surface area contributed by atoms with Crippen molar-refractivity contribution in [2.45, 2.75) is 0 Å². The van der Waals surface area contributed by atoms with Crippen LogP contribution in [0.2, 0.25) is 0 Å². The molecule has 3 aromatic heterocycles. The van der Waals surface area contributed by atoms with Gasteiger partial charge in [0.2, 0.25) is 0 Å². The third-order valence-electron chi connectivity index (χ3n) is 13.3. The van der Waals surface area contributed by atoms with E-state index in [1.807, 2.05) is 121 Å². The van der Waals surface area contributed by atoms with E-state index in [9.17, 15) is 0 Å². The smallest absolute Gasteiger partial charge is 0.164 e. The predicted octanol–water partition coefficient (Wildman–Crippen LogP) is 16.2. The van der Waals surface area contributed by atoms with E-state index >= 15 is 0 Å². The lowest BCUT2D eigenvalue weighted by Gasteiger charge is -2.12. The van der Waals surface area contributed by atoms with E-state index in [0.29, 0.717) is 34.9 Å². The van der Waals surface area contributed by atoms with Crippen molar-refractivity contribution >= 4 is 21.8 Å². The van der Waals surface area contributed by atoms with Gasteiger partial charge in [-0.2, -0.15) is 0 Å². The molecule has 0 atom stereocenters. The number of rotatable bonds is 10. The fourth-order valence-electron chi connectivity index (χ4n) is 9.64. The van der Waals surface area contributed by atoms with Crippen LogP contribution >= 0.6 is 0 Å². The Morgan fingerprint density at radius 2 is 0.452 bits per heavy atom. The maximum Gasteiger partial charge on any atom is 0.164 e. The zero-order chi connectivity index (χ0) is 48.5. The minimum atomic E-state index is 0.614. The molecule has 10 aromatic carbocycles. The zero-order valence-corrected chi connectivity index (χ0v) is 39.5. The fourth-order valence-corrected chi connectivity index (χ4v) is 9.64. The summed E-state index contributed by atoms with van der Waals surface area (Å²) < 4.78 is 2.40. The molecule has 0 N–H and O–H groups in total. The molecule has 3 heterocycles. The molecule has 13 aromatic rings. The maximum atomic E-state index is 5.05. The van der Waals surface area contributed by atoms with Gasteiger partial charge in [-0.15, -0.1) is 0 Å². The van der Waals surface area contributed by atoms with Crippen molar-refractivity contribution in [2.24, 2.45) is 0 Å². The van der Waals surface area contributed by atoms with E-state index < -0.39 is 0 Å². The Bertz CT molecular complexity index is 3760. The molecule has 0 amide bonds. The lowest BCUT2D eigenvalue weighted by molar-refractivity contribution is 1.07. The van der Waals surface area contributed by atoms with E-state index in [0.717, 1.165) is 88.7 Å². The molecule has 73 heavy (non-hydrogen) atoms. The lowest BCUT2D eigenvalue weighted by Crippen LogP contribution is -2.00. The summed E-state index contributed by atoms with van der Waals surface area (Å²) in [5.74, 6) is 3.75. The Morgan fingerprint density at radius 1 is 0.192 bits per heavy atom. The molecule has 0 saturated carbocycles. The minimum Gasteiger partial charge on any atom is -0.309 e. The predicted molar refractivity (Wildman–Crippen MR) is 296 cm³/mol. The van der Waals surface area contributed by atoms with E-state index in [2.05, 4.69) is 144 Å². The lowest BCUT2D eigenvalue weighted by atomic mass is 9.99. The summed E-state index contributed by atoms with van der Waals surface area (Å²) in [5.41, 5.74) is 15.4. The van der Waals surface area contributed by atoms with Gasteiger partial charge in [0.05, 0.1) is 11.0 Å². The Hall–Kier alpha value is -9.98. The first-order valence-corrected chi connectivity index (χ1v) is 24.3. The number of fused-ring (bicyclic) bond motifs is 3. The van der Waals surface area contributed by atoms with Crippen LogP contribution < -0.4 is 0 Å². The van der Waals surface area contributed by atoms with E-state index in [1.165, 1.54) is 5.56 Å². The summed E-state index contributed by atoms with van der Waals surface area (Å²) in [6.07, 6.45) is 0. The number of aromatic nitrogens is 7. The first-order valence-electron chi connectivity index (χ1n) is 24.3. The Labute approximate surface area is 422 Å². The molecule has 0 fully saturated rings. The van der Waals surface area contributed by atoms with Crippen molar-refractivity contribution in [1.29, 1.82) is 0 Å². The zero-order valence-electron chi connectivity index (χ0n) is 39.5. The largest absolute Gasteiger partial charge is 0.309 e. The summed E-state index contributed by atoms with van der Waals surface area (Å²) >= 11 is 0. The molecule has 0 aliphatic rings. The van der Waals surface area contributed by atoms with Crippen molar-refractivity contribution in [3.05, 3.63) is 261 Å². The van der Waals surface area contributed by atoms with E-state index in [1.54, 1.807) is 0 Å². The van der Waals surface area contributed by atoms with Crippen LogP contribution in [0.15, 0.2) is 261 Å². The van der Waals surface area contributed by atoms with Gasteiger partial charge >= 0.3 is 0 Å². The summed E-state index contributed by atoms with van der Waals surface area (Å²) in [5, 5.41) is 2.32. The molecule has 7 heteroatoms. The number of nitrogens with zero attached hydrogens (tertiary/aromatic N) is 7. The summed E-state index contributed by atoms with van der Waals surface area (Å²) in [4.78, 5) is 30.1. The molecular weight excluding hydrogens is 891 g/mol. The van der Waals surface area contributed by atoms with Gasteiger partial charge in [-0.1, -0.05) is 224 Å². The molecule has 0 saturated heterocycles. The van der Waals surface area contributed by atoms with Crippen molar-refractivity contribution < 1.29 is 0 Å². The van der Waals surface area contributed by atoms with Crippen LogP contribution in [-0.2, 0) is 0 Å². The minimum absolute atomic E-state index is 0.614. The molecule has 0 spiro atoms. The van der Waals surface area contributed by atoms with Crippen LogP contribution in [0, 0.1) is 0 Å². The highest BCUT2D eigenvalue weighted by Crippen LogP contribution is 2.39. The van der Waals surface area contributed by atoms with Gasteiger partial charge in [0.25, 0.3) is 0 Å². The normalized spacial score (nSPS) is 11.3. The SMILES string of the molecule is c1ccc(-c2ccc(-n3c4cc(-c5cccc(-c6nc(-c7ccccc7)nc(-c7ccccc7)n6)c5)ccc4c4ccc(-c5cccc(-c6nc(-c7ccccc7)nc(-c7ccccc7)n6)c5)cc43)cc2)cc1. The van der Waals surface area contributed by atoms with E-state index in [4.69, 9.17) is 29.9 Å². The van der Waals surface area contributed by atoms with Gasteiger partial charge in [-0.05, 0) is 69.8 Å². The van der Waals surface area contributed by atoms with Crippen molar-refractivity contribution in [1.82, 2.24) is 34.5 Å². The van der Waals surface area contributed by atoms with Gasteiger partial charge in [0, 0.05) is 49.8 Å². The quantitative estimate of drug-likeness (QED) is 0.136. The Kier molecular flexibility index (Phi) is 11.1. The number of benzene rings is 10. The first kappa shape index (κ1) is 43.1. The fraction of sp³-hybridized carbons (Fsp3) is 0. The van der Waals surface area contributed by atoms with Crippen molar-refractivity contribution in [3.8, 4) is 107 Å². The molecule has 0 aliphatic carbocycles. The number of hydrogen-bond acceptors (Lipinski definition) is 6. The van der Waals surface area contributed by atoms with Gasteiger partial charge in [0.1, 0.15) is 0 Å². The monoisotopic (exact) mass is 933 g/mol. The molecule has 7 nitrogen and oxygen atoms in total. The van der Waals surface area contributed by atoms with Crippen LogP contribution in [0.5, 0.6) is 0 Å². The molecule has 0 bridgehead atoms. The molecular formula is C66H43N7. The topological polar surface area (TPSA) is 82.3 Å². The van der Waals surface area contributed by atoms with Crippen LogP contribution in [0.3, 0.4) is 0 Å². The highest BCUT2D eigenvalue weighted by molar-refractivity contribution is 6.11. The molecule has 0 radical (unpaired) electrons. The second-order valence-electron chi connectivity index (χ2n) is 18.0. The van der Waals surface area contributed by atoms with Gasteiger partial charge in [-0.3, -0.25) is 0 Å². The van der Waals surface area contributed by atoms with Crippen LogP contribution in [0.1, 0.15) is 0 Å². The highest BCUT2D eigenvalue weighted by Gasteiger charge is 2.18. The van der Waals surface area contributed by atoms with Crippen molar-refractivity contribution in [2.75, 3.05) is 0 Å². The second-order valence-corrected chi connectivity index (χ2v) is 18.0. The Balaban J connectivity index is 0.935. The Morgan fingerprint density at radius 3 is 0.808 bits per heavy atom. The second kappa shape index (κ2) is 18.7. The third-order valence-corrected chi connectivity index (χ3v) is 13.3. The van der Waals surface area contributed by atoms with Crippen LogP contribution in [0.4, 0.5) is 0 Å². The first-order chi connectivity index (χ1) is 36.1. The summed E-state index contributed by atoms with van der Waals surface area (Å²) in [6, 6.07) is 90.4. The molecule has 342 valence electrons. The average Bonchev–Trinajstić information content (AvgIpc) is 3.81. The third kappa shape index (κ3) is 8.51. The van der Waals surface area contributed by atoms with Crippen LogP contribution in [-0.4, -0.2) is 34.5 Å². The highest BCUT2D eigenvalue weighted by atomic mass is 15.0. The van der Waals surface area contributed by atoms with Crippen molar-refractivity contribution in [3.63, 3.8) is 0 Å². The summed E-state index contributed by atoms with van der Waals surface area (Å²) in [6.45, 7) is 0. The molecule has 0 unspecified atom stereocenters. The van der Waals surface area contributed by atoms with E-state index in [-0.39, 0.29) is 0 Å². The standard InChI is InChI=1S/C66H43N7/c1-6-18-44(19-7-1)45-32-36-56(37-33-45)73-59-42-52(50-28-16-30-54(40-50)65-69-61(46-20-8-2-9-21-46)67-62(70-65)47-22-10-3-11-23-47)34-38-57(59)58-39-35-53(43-60(58)73)51-29-17-31-55(41-51)66-71-63(48-24-12-4-13-25-48)68-64(72-66)49-26-14-5-15-27-49/h1-43H.